The van der Waals surface area contributed by atoms with Gasteiger partial charge < -0.3 is 21.1 Å². The zero-order valence-corrected chi connectivity index (χ0v) is 12.4. The lowest BCUT2D eigenvalue weighted by atomic mass is 9.84. The molecule has 21 heavy (non-hydrogen) atoms. The number of aliphatic carboxylic acids is 1. The van der Waals surface area contributed by atoms with Crippen molar-refractivity contribution in [3.63, 3.8) is 0 Å². The van der Waals surface area contributed by atoms with Crippen LogP contribution in [0, 0.1) is 5.92 Å². The fourth-order valence-electron chi connectivity index (χ4n) is 3.08. The molecule has 0 bridgehead atoms. The molecule has 1 aliphatic carbocycles. The van der Waals surface area contributed by atoms with Crippen LogP contribution in [0.4, 0.5) is 4.79 Å². The molecule has 1 saturated carbocycles. The lowest BCUT2D eigenvalue weighted by Gasteiger charge is -2.30. The number of urea groups is 1. The summed E-state index contributed by atoms with van der Waals surface area (Å²) in [5.41, 5.74) is 0. The van der Waals surface area contributed by atoms with Gasteiger partial charge in [-0.15, -0.1) is 0 Å². The molecule has 0 aromatic heterocycles. The summed E-state index contributed by atoms with van der Waals surface area (Å²) in [6.45, 7) is 5.43. The van der Waals surface area contributed by atoms with Gasteiger partial charge in [-0.05, 0) is 12.8 Å². The van der Waals surface area contributed by atoms with E-state index in [0.29, 0.717) is 13.0 Å². The molecule has 4 N–H and O–H groups in total. The van der Waals surface area contributed by atoms with E-state index in [1.807, 2.05) is 0 Å². The molecule has 0 aromatic carbocycles. The van der Waals surface area contributed by atoms with Crippen LogP contribution in [0.25, 0.3) is 0 Å². The van der Waals surface area contributed by atoms with Gasteiger partial charge in [-0.25, -0.2) is 4.79 Å². The van der Waals surface area contributed by atoms with Crippen molar-refractivity contribution in [2.24, 2.45) is 5.92 Å². The molecule has 7 nitrogen and oxygen atoms in total. The number of piperazine rings is 1. The van der Waals surface area contributed by atoms with Crippen molar-refractivity contribution in [2.45, 2.75) is 31.7 Å². The molecule has 2 aliphatic rings. The molecule has 0 aromatic rings. The molecule has 7 heteroatoms. The smallest absolute Gasteiger partial charge is 0.315 e. The van der Waals surface area contributed by atoms with Crippen LogP contribution in [0.2, 0.25) is 0 Å². The Morgan fingerprint density at radius 2 is 1.90 bits per heavy atom. The van der Waals surface area contributed by atoms with Gasteiger partial charge in [0.25, 0.3) is 0 Å². The van der Waals surface area contributed by atoms with Crippen LogP contribution in [0.1, 0.15) is 25.7 Å². The van der Waals surface area contributed by atoms with E-state index in [2.05, 4.69) is 20.9 Å². The third-order valence-electron chi connectivity index (χ3n) is 4.32. The highest BCUT2D eigenvalue weighted by molar-refractivity contribution is 5.76. The highest BCUT2D eigenvalue weighted by Gasteiger charge is 2.31. The fourth-order valence-corrected chi connectivity index (χ4v) is 3.08. The SMILES string of the molecule is O=C(NCCN1CCNCC1)NC1CCCCC1C(=O)O. The largest absolute Gasteiger partial charge is 0.481 e. The molecule has 1 heterocycles. The van der Waals surface area contributed by atoms with E-state index in [-0.39, 0.29) is 12.1 Å². The van der Waals surface area contributed by atoms with Gasteiger partial charge in [-0.3, -0.25) is 9.69 Å². The Morgan fingerprint density at radius 3 is 2.62 bits per heavy atom. The summed E-state index contributed by atoms with van der Waals surface area (Å²) in [5.74, 6) is -1.25. The van der Waals surface area contributed by atoms with Gasteiger partial charge in [0.05, 0.1) is 5.92 Å². The summed E-state index contributed by atoms with van der Waals surface area (Å²) in [7, 11) is 0. The van der Waals surface area contributed by atoms with Crippen LogP contribution in [0.15, 0.2) is 0 Å². The predicted octanol–water partition coefficient (Wildman–Crippen LogP) is -0.166. The van der Waals surface area contributed by atoms with Gasteiger partial charge in [-0.2, -0.15) is 0 Å². The number of carbonyl (C=O) groups excluding carboxylic acids is 1. The lowest BCUT2D eigenvalue weighted by Crippen LogP contribution is -2.51. The first-order valence-electron chi connectivity index (χ1n) is 7.87. The molecule has 120 valence electrons. The molecule has 2 rings (SSSR count). The Bertz CT molecular complexity index is 358. The van der Waals surface area contributed by atoms with Crippen molar-refractivity contribution in [2.75, 3.05) is 39.3 Å². The van der Waals surface area contributed by atoms with Crippen molar-refractivity contribution in [1.82, 2.24) is 20.9 Å². The van der Waals surface area contributed by atoms with E-state index in [4.69, 9.17) is 0 Å². The summed E-state index contributed by atoms with van der Waals surface area (Å²) in [6, 6.07) is -0.487. The second kappa shape index (κ2) is 8.19. The zero-order chi connectivity index (χ0) is 15.1. The minimum absolute atomic E-state index is 0.240. The van der Waals surface area contributed by atoms with Gasteiger partial charge in [0.15, 0.2) is 0 Å². The summed E-state index contributed by atoms with van der Waals surface area (Å²) in [4.78, 5) is 25.4. The van der Waals surface area contributed by atoms with Crippen molar-refractivity contribution in [1.29, 1.82) is 0 Å². The number of carboxylic acids is 1. The van der Waals surface area contributed by atoms with E-state index in [0.717, 1.165) is 52.0 Å². The number of amides is 2. The number of rotatable bonds is 5. The molecular weight excluding hydrogens is 272 g/mol. The first-order chi connectivity index (χ1) is 10.2. The Kier molecular flexibility index (Phi) is 6.25. The Labute approximate surface area is 125 Å². The number of nitrogens with one attached hydrogen (secondary N) is 3. The summed E-state index contributed by atoms with van der Waals surface area (Å²) >= 11 is 0. The fraction of sp³-hybridized carbons (Fsp3) is 0.857. The number of hydrogen-bond acceptors (Lipinski definition) is 4. The van der Waals surface area contributed by atoms with Crippen molar-refractivity contribution in [3.8, 4) is 0 Å². The second-order valence-electron chi connectivity index (χ2n) is 5.83. The molecule has 2 unspecified atom stereocenters. The standard InChI is InChI=1S/C14H26N4O3/c19-13(20)11-3-1-2-4-12(11)17-14(21)16-7-10-18-8-5-15-6-9-18/h11-12,15H,1-10H2,(H,19,20)(H2,16,17,21). The van der Waals surface area contributed by atoms with Crippen LogP contribution in [0.5, 0.6) is 0 Å². The molecule has 2 fully saturated rings. The first kappa shape index (κ1) is 16.0. The number of carbonyl (C=O) groups is 2. The maximum atomic E-state index is 11.9. The van der Waals surface area contributed by atoms with Gasteiger partial charge in [0, 0.05) is 45.3 Å². The van der Waals surface area contributed by atoms with E-state index in [9.17, 15) is 14.7 Å². The van der Waals surface area contributed by atoms with E-state index in [1.54, 1.807) is 0 Å². The van der Waals surface area contributed by atoms with E-state index in [1.165, 1.54) is 0 Å². The van der Waals surface area contributed by atoms with Crippen molar-refractivity contribution < 1.29 is 14.7 Å². The molecule has 2 amide bonds. The average molecular weight is 298 g/mol. The normalized spacial score (nSPS) is 27.0. The van der Waals surface area contributed by atoms with Gasteiger partial charge in [-0.1, -0.05) is 12.8 Å². The number of hydrogen-bond donors (Lipinski definition) is 4. The van der Waals surface area contributed by atoms with Crippen molar-refractivity contribution >= 4 is 12.0 Å². The maximum absolute atomic E-state index is 11.9. The summed E-state index contributed by atoms with van der Waals surface area (Å²) in [5, 5.41) is 18.1. The topological polar surface area (TPSA) is 93.7 Å². The minimum atomic E-state index is -0.805. The molecule has 1 saturated heterocycles. The van der Waals surface area contributed by atoms with Crippen molar-refractivity contribution in [3.05, 3.63) is 0 Å². The zero-order valence-electron chi connectivity index (χ0n) is 12.4. The van der Waals surface area contributed by atoms with Crippen LogP contribution in [-0.2, 0) is 4.79 Å². The first-order valence-corrected chi connectivity index (χ1v) is 7.87. The third kappa shape index (κ3) is 5.17. The Hall–Kier alpha value is -1.34. The number of carboxylic acid groups (broad SMARTS) is 1. The highest BCUT2D eigenvalue weighted by atomic mass is 16.4. The minimum Gasteiger partial charge on any atom is -0.481 e. The summed E-state index contributed by atoms with van der Waals surface area (Å²) < 4.78 is 0. The lowest BCUT2D eigenvalue weighted by molar-refractivity contribution is -0.143. The van der Waals surface area contributed by atoms with E-state index < -0.39 is 11.9 Å². The maximum Gasteiger partial charge on any atom is 0.315 e. The molecule has 0 spiro atoms. The molecular formula is C14H26N4O3. The Balaban J connectivity index is 1.66. The molecule has 1 aliphatic heterocycles. The highest BCUT2D eigenvalue weighted by Crippen LogP contribution is 2.24. The molecule has 2 atom stereocenters. The average Bonchev–Trinajstić information content (AvgIpc) is 2.48. The van der Waals surface area contributed by atoms with Crippen LogP contribution >= 0.6 is 0 Å². The number of nitrogens with zero attached hydrogens (tertiary/aromatic N) is 1. The predicted molar refractivity (Wildman–Crippen MR) is 79.2 cm³/mol. The monoisotopic (exact) mass is 298 g/mol. The summed E-state index contributed by atoms with van der Waals surface area (Å²) in [6.07, 6.45) is 3.32. The van der Waals surface area contributed by atoms with Crippen LogP contribution < -0.4 is 16.0 Å². The van der Waals surface area contributed by atoms with Gasteiger partial charge in [0.2, 0.25) is 0 Å². The van der Waals surface area contributed by atoms with Crippen LogP contribution in [0.3, 0.4) is 0 Å². The van der Waals surface area contributed by atoms with Gasteiger partial charge in [0.1, 0.15) is 0 Å². The van der Waals surface area contributed by atoms with Gasteiger partial charge >= 0.3 is 12.0 Å². The quantitative estimate of drug-likeness (QED) is 0.566. The van der Waals surface area contributed by atoms with Crippen LogP contribution in [-0.4, -0.2) is 67.3 Å². The van der Waals surface area contributed by atoms with E-state index >= 15 is 0 Å². The molecule has 0 radical (unpaired) electrons. The Morgan fingerprint density at radius 1 is 1.19 bits per heavy atom. The second-order valence-corrected chi connectivity index (χ2v) is 5.83. The third-order valence-corrected chi connectivity index (χ3v) is 4.32.